The van der Waals surface area contributed by atoms with E-state index in [0.29, 0.717) is 13.1 Å². The summed E-state index contributed by atoms with van der Waals surface area (Å²) in [5.41, 5.74) is 1.25. The van der Waals surface area contributed by atoms with Crippen LogP contribution in [0.15, 0.2) is 24.3 Å². The SMILES string of the molecule is CCC(C)NC(=O)CNCC1Cc2ccccc2O1. The fourth-order valence-corrected chi connectivity index (χ4v) is 2.14. The lowest BCUT2D eigenvalue weighted by Crippen LogP contribution is -2.41. The van der Waals surface area contributed by atoms with E-state index in [4.69, 9.17) is 4.74 Å². The fourth-order valence-electron chi connectivity index (χ4n) is 2.14. The molecule has 0 aromatic heterocycles. The van der Waals surface area contributed by atoms with E-state index in [1.807, 2.05) is 25.1 Å². The van der Waals surface area contributed by atoms with Gasteiger partial charge in [0.1, 0.15) is 11.9 Å². The molecule has 2 atom stereocenters. The average Bonchev–Trinajstić information content (AvgIpc) is 2.81. The first-order chi connectivity index (χ1) is 9.19. The maximum Gasteiger partial charge on any atom is 0.234 e. The zero-order valence-electron chi connectivity index (χ0n) is 11.6. The lowest BCUT2D eigenvalue weighted by molar-refractivity contribution is -0.120. The Morgan fingerprint density at radius 2 is 2.26 bits per heavy atom. The zero-order valence-corrected chi connectivity index (χ0v) is 11.6. The summed E-state index contributed by atoms with van der Waals surface area (Å²) in [5.74, 6) is 1.02. The van der Waals surface area contributed by atoms with E-state index in [9.17, 15) is 4.79 Å². The van der Waals surface area contributed by atoms with Crippen LogP contribution in [0.5, 0.6) is 5.75 Å². The molecule has 0 spiro atoms. The second-order valence-electron chi connectivity index (χ2n) is 5.06. The van der Waals surface area contributed by atoms with Crippen molar-refractivity contribution in [2.45, 2.75) is 38.8 Å². The van der Waals surface area contributed by atoms with Crippen LogP contribution in [0.3, 0.4) is 0 Å². The molecule has 2 unspecified atom stereocenters. The lowest BCUT2D eigenvalue weighted by atomic mass is 10.1. The largest absolute Gasteiger partial charge is 0.488 e. The van der Waals surface area contributed by atoms with Crippen LogP contribution >= 0.6 is 0 Å². The summed E-state index contributed by atoms with van der Waals surface area (Å²) in [4.78, 5) is 11.6. The minimum Gasteiger partial charge on any atom is -0.488 e. The Hall–Kier alpha value is -1.55. The predicted octanol–water partition coefficient (Wildman–Crippen LogP) is 1.49. The highest BCUT2D eigenvalue weighted by molar-refractivity contribution is 5.78. The molecule has 4 heteroatoms. The number of fused-ring (bicyclic) bond motifs is 1. The van der Waals surface area contributed by atoms with Crippen LogP contribution in [0.4, 0.5) is 0 Å². The van der Waals surface area contributed by atoms with E-state index < -0.39 is 0 Å². The number of hydrogen-bond donors (Lipinski definition) is 2. The van der Waals surface area contributed by atoms with Gasteiger partial charge in [-0.3, -0.25) is 4.79 Å². The minimum atomic E-state index is 0.0462. The summed E-state index contributed by atoms with van der Waals surface area (Å²) in [7, 11) is 0. The van der Waals surface area contributed by atoms with Crippen molar-refractivity contribution >= 4 is 5.91 Å². The average molecular weight is 262 g/mol. The molecule has 1 heterocycles. The van der Waals surface area contributed by atoms with Crippen molar-refractivity contribution in [1.82, 2.24) is 10.6 Å². The molecule has 0 fully saturated rings. The van der Waals surface area contributed by atoms with Gasteiger partial charge < -0.3 is 15.4 Å². The molecule has 0 saturated carbocycles. The predicted molar refractivity (Wildman–Crippen MR) is 75.3 cm³/mol. The van der Waals surface area contributed by atoms with Crippen LogP contribution in [0.2, 0.25) is 0 Å². The summed E-state index contributed by atoms with van der Waals surface area (Å²) in [6.45, 7) is 5.11. The van der Waals surface area contributed by atoms with Gasteiger partial charge in [-0.1, -0.05) is 25.1 Å². The molecule has 19 heavy (non-hydrogen) atoms. The van der Waals surface area contributed by atoms with Gasteiger partial charge in [0.25, 0.3) is 0 Å². The molecule has 1 aliphatic rings. The van der Waals surface area contributed by atoms with Gasteiger partial charge in [0.2, 0.25) is 5.91 Å². The monoisotopic (exact) mass is 262 g/mol. The van der Waals surface area contributed by atoms with Gasteiger partial charge in [-0.05, 0) is 25.0 Å². The second-order valence-corrected chi connectivity index (χ2v) is 5.06. The van der Waals surface area contributed by atoms with Crippen LogP contribution in [0, 0.1) is 0 Å². The minimum absolute atomic E-state index is 0.0462. The van der Waals surface area contributed by atoms with Crippen molar-refractivity contribution in [3.05, 3.63) is 29.8 Å². The van der Waals surface area contributed by atoms with E-state index in [-0.39, 0.29) is 18.1 Å². The van der Waals surface area contributed by atoms with Gasteiger partial charge >= 0.3 is 0 Å². The number of carbonyl (C=O) groups is 1. The maximum atomic E-state index is 11.6. The van der Waals surface area contributed by atoms with Gasteiger partial charge in [-0.25, -0.2) is 0 Å². The Labute approximate surface area is 114 Å². The van der Waals surface area contributed by atoms with Gasteiger partial charge in [-0.2, -0.15) is 0 Å². The van der Waals surface area contributed by atoms with Crippen LogP contribution in [-0.2, 0) is 11.2 Å². The molecule has 1 aromatic rings. The van der Waals surface area contributed by atoms with E-state index in [2.05, 4.69) is 23.6 Å². The first-order valence-electron chi connectivity index (χ1n) is 6.93. The van der Waals surface area contributed by atoms with Crippen molar-refractivity contribution < 1.29 is 9.53 Å². The van der Waals surface area contributed by atoms with E-state index >= 15 is 0 Å². The molecule has 0 aliphatic carbocycles. The number of rotatable bonds is 6. The van der Waals surface area contributed by atoms with E-state index in [1.165, 1.54) is 5.56 Å². The molecule has 1 aliphatic heterocycles. The van der Waals surface area contributed by atoms with Crippen molar-refractivity contribution in [2.75, 3.05) is 13.1 Å². The van der Waals surface area contributed by atoms with Gasteiger partial charge in [-0.15, -0.1) is 0 Å². The van der Waals surface area contributed by atoms with E-state index in [1.54, 1.807) is 0 Å². The Bertz CT molecular complexity index is 409. The molecule has 1 aromatic carbocycles. The summed E-state index contributed by atoms with van der Waals surface area (Å²) < 4.78 is 5.80. The molecule has 104 valence electrons. The number of amides is 1. The van der Waals surface area contributed by atoms with Crippen molar-refractivity contribution in [1.29, 1.82) is 0 Å². The number of nitrogens with one attached hydrogen (secondary N) is 2. The summed E-state index contributed by atoms with van der Waals surface area (Å²) in [6, 6.07) is 8.32. The molecular formula is C15H22N2O2. The topological polar surface area (TPSA) is 50.4 Å². The lowest BCUT2D eigenvalue weighted by Gasteiger charge is -2.14. The molecular weight excluding hydrogens is 240 g/mol. The molecule has 2 N–H and O–H groups in total. The molecule has 0 radical (unpaired) electrons. The summed E-state index contributed by atoms with van der Waals surface area (Å²) in [6.07, 6.45) is 2.00. The van der Waals surface area contributed by atoms with Crippen LogP contribution in [0.25, 0.3) is 0 Å². The van der Waals surface area contributed by atoms with Crippen LogP contribution in [-0.4, -0.2) is 31.1 Å². The molecule has 1 amide bonds. The highest BCUT2D eigenvalue weighted by Gasteiger charge is 2.21. The first-order valence-corrected chi connectivity index (χ1v) is 6.93. The standard InChI is InChI=1S/C15H22N2O2/c1-3-11(2)17-15(18)10-16-9-13-8-12-6-4-5-7-14(12)19-13/h4-7,11,13,16H,3,8-10H2,1-2H3,(H,17,18). The fraction of sp³-hybridized carbons (Fsp3) is 0.533. The quantitative estimate of drug-likeness (QED) is 0.816. The zero-order chi connectivity index (χ0) is 13.7. The Balaban J connectivity index is 1.67. The smallest absolute Gasteiger partial charge is 0.234 e. The Kier molecular flexibility index (Phi) is 4.80. The second kappa shape index (κ2) is 6.57. The third kappa shape index (κ3) is 3.96. The highest BCUT2D eigenvalue weighted by Crippen LogP contribution is 2.27. The molecule has 0 saturated heterocycles. The number of benzene rings is 1. The van der Waals surface area contributed by atoms with E-state index in [0.717, 1.165) is 18.6 Å². The third-order valence-electron chi connectivity index (χ3n) is 3.39. The van der Waals surface area contributed by atoms with Crippen molar-refractivity contribution in [3.63, 3.8) is 0 Å². The first kappa shape index (κ1) is 13.9. The van der Waals surface area contributed by atoms with Gasteiger partial charge in [0.05, 0.1) is 6.54 Å². The number of hydrogen-bond acceptors (Lipinski definition) is 3. The van der Waals surface area contributed by atoms with Crippen molar-refractivity contribution in [2.24, 2.45) is 0 Å². The normalized spacial score (nSPS) is 18.5. The van der Waals surface area contributed by atoms with Crippen molar-refractivity contribution in [3.8, 4) is 5.75 Å². The maximum absolute atomic E-state index is 11.6. The Morgan fingerprint density at radius 3 is 3.00 bits per heavy atom. The third-order valence-corrected chi connectivity index (χ3v) is 3.39. The Morgan fingerprint density at radius 1 is 1.47 bits per heavy atom. The van der Waals surface area contributed by atoms with Gasteiger partial charge in [0, 0.05) is 19.0 Å². The summed E-state index contributed by atoms with van der Waals surface area (Å²) >= 11 is 0. The van der Waals surface area contributed by atoms with Gasteiger partial charge in [0.15, 0.2) is 0 Å². The van der Waals surface area contributed by atoms with Crippen LogP contribution in [0.1, 0.15) is 25.8 Å². The summed E-state index contributed by atoms with van der Waals surface area (Å²) in [5, 5.41) is 6.08. The number of carbonyl (C=O) groups excluding carboxylic acids is 1. The molecule has 4 nitrogen and oxygen atoms in total. The number of para-hydroxylation sites is 1. The number of ether oxygens (including phenoxy) is 1. The highest BCUT2D eigenvalue weighted by atomic mass is 16.5. The van der Waals surface area contributed by atoms with Crippen LogP contribution < -0.4 is 15.4 Å². The molecule has 2 rings (SSSR count). The molecule has 0 bridgehead atoms.